The van der Waals surface area contributed by atoms with Crippen molar-refractivity contribution in [1.82, 2.24) is 14.8 Å². The Labute approximate surface area is 181 Å². The van der Waals surface area contributed by atoms with E-state index in [9.17, 15) is 0 Å². The molecule has 2 fully saturated rings. The number of nitrogens with zero attached hydrogens (tertiary/aromatic N) is 4. The summed E-state index contributed by atoms with van der Waals surface area (Å²) in [5, 5.41) is 0. The van der Waals surface area contributed by atoms with Gasteiger partial charge in [0.15, 0.2) is 0 Å². The standard InChI is InChI=1S/C26H34N4/c1-4-30(23-8-6-5-7-9-23)25-15-21(14-24-19(2)26(24)25)20-10-11-22(27-16-20)17-29-13-12-28(3)18-29/h10-11,14-16,23H,2,4-9,12-13,17-18H2,1,3H3. The van der Waals surface area contributed by atoms with Crippen LogP contribution < -0.4 is 4.90 Å². The molecule has 2 heterocycles. The molecule has 0 bridgehead atoms. The normalized spacial score (nSPS) is 19.9. The molecule has 2 aromatic rings. The number of anilines is 1. The predicted molar refractivity (Wildman–Crippen MR) is 126 cm³/mol. The molecule has 3 aliphatic rings. The zero-order chi connectivity index (χ0) is 20.7. The minimum absolute atomic E-state index is 0.676. The molecular formula is C26H34N4. The predicted octanol–water partition coefficient (Wildman–Crippen LogP) is 4.99. The Bertz CT molecular complexity index is 927. The highest BCUT2D eigenvalue weighted by Crippen LogP contribution is 2.50. The fraction of sp³-hybridized carbons (Fsp3) is 0.500. The van der Waals surface area contributed by atoms with Crippen molar-refractivity contribution in [3.63, 3.8) is 0 Å². The average Bonchev–Trinajstić information content (AvgIpc) is 3.24. The molecule has 0 unspecified atom stereocenters. The summed E-state index contributed by atoms with van der Waals surface area (Å²) in [7, 11) is 2.18. The Balaban J connectivity index is 1.39. The van der Waals surface area contributed by atoms with E-state index in [0.717, 1.165) is 38.5 Å². The van der Waals surface area contributed by atoms with Gasteiger partial charge in [0, 0.05) is 55.2 Å². The third-order valence-corrected chi connectivity index (χ3v) is 7.13. The first-order valence-corrected chi connectivity index (χ1v) is 11.6. The Kier molecular flexibility index (Phi) is 5.38. The van der Waals surface area contributed by atoms with Crippen LogP contribution in [0.2, 0.25) is 0 Å². The number of hydrogen-bond acceptors (Lipinski definition) is 4. The number of rotatable bonds is 6. The summed E-state index contributed by atoms with van der Waals surface area (Å²) in [6.07, 6.45) is 8.82. The molecule has 30 heavy (non-hydrogen) atoms. The van der Waals surface area contributed by atoms with E-state index in [1.54, 1.807) is 0 Å². The maximum absolute atomic E-state index is 4.80. The van der Waals surface area contributed by atoms with Crippen LogP contribution in [-0.2, 0) is 6.54 Å². The molecule has 1 saturated carbocycles. The molecule has 0 amide bonds. The summed E-state index contributed by atoms with van der Waals surface area (Å²) >= 11 is 0. The van der Waals surface area contributed by atoms with Gasteiger partial charge in [-0.3, -0.25) is 14.8 Å². The highest BCUT2D eigenvalue weighted by Gasteiger charge is 2.32. The lowest BCUT2D eigenvalue weighted by Gasteiger charge is -2.35. The molecule has 0 spiro atoms. The monoisotopic (exact) mass is 402 g/mol. The van der Waals surface area contributed by atoms with E-state index in [0.29, 0.717) is 6.04 Å². The quantitative estimate of drug-likeness (QED) is 0.579. The lowest BCUT2D eigenvalue weighted by Crippen LogP contribution is -2.36. The molecule has 2 aliphatic carbocycles. The Morgan fingerprint density at radius 3 is 2.60 bits per heavy atom. The van der Waals surface area contributed by atoms with E-state index in [4.69, 9.17) is 4.98 Å². The second kappa shape index (κ2) is 8.16. The molecule has 4 heteroatoms. The fourth-order valence-corrected chi connectivity index (χ4v) is 5.36. The van der Waals surface area contributed by atoms with Gasteiger partial charge in [0.25, 0.3) is 0 Å². The number of benzene rings is 1. The lowest BCUT2D eigenvalue weighted by atomic mass is 9.93. The van der Waals surface area contributed by atoms with Gasteiger partial charge in [0.1, 0.15) is 0 Å². The first-order chi connectivity index (χ1) is 14.6. The first-order valence-electron chi connectivity index (χ1n) is 11.6. The Hall–Kier alpha value is -2.17. The van der Waals surface area contributed by atoms with Gasteiger partial charge in [-0.15, -0.1) is 0 Å². The summed E-state index contributed by atoms with van der Waals surface area (Å²) in [6, 6.07) is 9.82. The van der Waals surface area contributed by atoms with Crippen LogP contribution in [0.3, 0.4) is 0 Å². The van der Waals surface area contributed by atoms with Gasteiger partial charge in [0.2, 0.25) is 0 Å². The smallest absolute Gasteiger partial charge is 0.0544 e. The van der Waals surface area contributed by atoms with Crippen LogP contribution in [0.1, 0.15) is 55.8 Å². The maximum Gasteiger partial charge on any atom is 0.0544 e. The minimum atomic E-state index is 0.676. The molecule has 1 aliphatic heterocycles. The van der Waals surface area contributed by atoms with Gasteiger partial charge in [-0.1, -0.05) is 31.9 Å². The van der Waals surface area contributed by atoms with Crippen LogP contribution in [0.4, 0.5) is 5.69 Å². The van der Waals surface area contributed by atoms with Crippen LogP contribution in [-0.4, -0.2) is 54.2 Å². The van der Waals surface area contributed by atoms with Crippen molar-refractivity contribution in [2.45, 2.75) is 51.6 Å². The van der Waals surface area contributed by atoms with Crippen LogP contribution in [0.5, 0.6) is 0 Å². The van der Waals surface area contributed by atoms with E-state index >= 15 is 0 Å². The van der Waals surface area contributed by atoms with Gasteiger partial charge in [-0.05, 0) is 61.7 Å². The fourth-order valence-electron chi connectivity index (χ4n) is 5.36. The Morgan fingerprint density at radius 2 is 1.93 bits per heavy atom. The van der Waals surface area contributed by atoms with Crippen molar-refractivity contribution in [1.29, 1.82) is 0 Å². The average molecular weight is 403 g/mol. The number of hydrogen-bond donors (Lipinski definition) is 0. The first kappa shape index (κ1) is 19.8. The van der Waals surface area contributed by atoms with Crippen LogP contribution >= 0.6 is 0 Å². The molecule has 0 atom stereocenters. The SMILES string of the molecule is C=C1c2cc(-c3ccc(CN4CCN(C)C4)nc3)cc(N(CC)C3CCCCC3)c21. The topological polar surface area (TPSA) is 22.6 Å². The molecule has 158 valence electrons. The van der Waals surface area contributed by atoms with Gasteiger partial charge in [0.05, 0.1) is 12.4 Å². The second-order valence-electron chi connectivity index (χ2n) is 9.29. The minimum Gasteiger partial charge on any atom is -0.368 e. The maximum atomic E-state index is 4.80. The summed E-state index contributed by atoms with van der Waals surface area (Å²) in [5.41, 5.74) is 9.01. The van der Waals surface area contributed by atoms with Gasteiger partial charge < -0.3 is 4.90 Å². The van der Waals surface area contributed by atoms with E-state index in [1.165, 1.54) is 65.6 Å². The molecule has 5 rings (SSSR count). The lowest BCUT2D eigenvalue weighted by molar-refractivity contribution is 0.265. The highest BCUT2D eigenvalue weighted by atomic mass is 15.4. The summed E-state index contributed by atoms with van der Waals surface area (Å²) in [4.78, 5) is 12.2. The van der Waals surface area contributed by atoms with Crippen molar-refractivity contribution in [2.75, 3.05) is 38.3 Å². The largest absolute Gasteiger partial charge is 0.368 e. The molecule has 1 saturated heterocycles. The van der Waals surface area contributed by atoms with Gasteiger partial charge in [-0.2, -0.15) is 0 Å². The van der Waals surface area contributed by atoms with Gasteiger partial charge >= 0.3 is 0 Å². The summed E-state index contributed by atoms with van der Waals surface area (Å²) < 4.78 is 0. The summed E-state index contributed by atoms with van der Waals surface area (Å²) in [6.45, 7) is 11.9. The van der Waals surface area contributed by atoms with E-state index in [2.05, 4.69) is 65.7 Å². The van der Waals surface area contributed by atoms with E-state index < -0.39 is 0 Å². The van der Waals surface area contributed by atoms with Crippen molar-refractivity contribution < 1.29 is 0 Å². The molecule has 0 radical (unpaired) electrons. The summed E-state index contributed by atoms with van der Waals surface area (Å²) in [5.74, 6) is 0. The third-order valence-electron chi connectivity index (χ3n) is 7.13. The number of likely N-dealkylation sites (N-methyl/N-ethyl adjacent to an activating group) is 1. The molecule has 1 aromatic carbocycles. The van der Waals surface area contributed by atoms with Gasteiger partial charge in [-0.25, -0.2) is 0 Å². The van der Waals surface area contributed by atoms with Crippen LogP contribution in [0.25, 0.3) is 16.7 Å². The molecule has 4 nitrogen and oxygen atoms in total. The van der Waals surface area contributed by atoms with Crippen LogP contribution in [0.15, 0.2) is 37.0 Å². The van der Waals surface area contributed by atoms with Crippen molar-refractivity contribution in [2.24, 2.45) is 0 Å². The zero-order valence-corrected chi connectivity index (χ0v) is 18.5. The van der Waals surface area contributed by atoms with Crippen molar-refractivity contribution in [3.05, 3.63) is 53.9 Å². The number of aromatic nitrogens is 1. The highest BCUT2D eigenvalue weighted by molar-refractivity contribution is 6.07. The van der Waals surface area contributed by atoms with E-state index in [1.807, 2.05) is 0 Å². The number of fused-ring (bicyclic) bond motifs is 1. The van der Waals surface area contributed by atoms with E-state index in [-0.39, 0.29) is 0 Å². The zero-order valence-electron chi connectivity index (χ0n) is 18.5. The number of pyridine rings is 1. The second-order valence-corrected chi connectivity index (χ2v) is 9.29. The van der Waals surface area contributed by atoms with Crippen LogP contribution in [0, 0.1) is 0 Å². The van der Waals surface area contributed by atoms with Crippen molar-refractivity contribution in [3.8, 4) is 11.1 Å². The molecule has 1 aromatic heterocycles. The molecule has 0 N–H and O–H groups in total. The third kappa shape index (κ3) is 3.79. The molecular weight excluding hydrogens is 368 g/mol. The Morgan fingerprint density at radius 1 is 1.10 bits per heavy atom. The van der Waals surface area contributed by atoms with Crippen molar-refractivity contribution >= 4 is 11.3 Å².